The molecule has 1 atom stereocenters. The van der Waals surface area contributed by atoms with Crippen LogP contribution in [-0.2, 0) is 11.3 Å². The third kappa shape index (κ3) is 3.95. The van der Waals surface area contributed by atoms with Crippen LogP contribution < -0.4 is 5.32 Å². The number of benzene rings is 1. The zero-order valence-electron chi connectivity index (χ0n) is 12.4. The molecule has 1 aromatic carbocycles. The highest BCUT2D eigenvalue weighted by Crippen LogP contribution is 2.19. The molecule has 21 heavy (non-hydrogen) atoms. The molecule has 1 unspecified atom stereocenters. The average molecular weight is 312 g/mol. The number of methoxy groups -OCH3 is 1. The van der Waals surface area contributed by atoms with Gasteiger partial charge in [0, 0.05) is 19.9 Å². The van der Waals surface area contributed by atoms with Crippen LogP contribution in [0.2, 0.25) is 5.02 Å². The van der Waals surface area contributed by atoms with Gasteiger partial charge in [0.25, 0.3) is 0 Å². The van der Waals surface area contributed by atoms with Gasteiger partial charge < -0.3 is 14.6 Å². The van der Waals surface area contributed by atoms with Gasteiger partial charge in [-0.3, -0.25) is 0 Å². The lowest BCUT2D eigenvalue weighted by molar-refractivity contribution is 0.163. The van der Waals surface area contributed by atoms with Crippen molar-refractivity contribution in [1.29, 1.82) is 0 Å². The molecule has 114 valence electrons. The second-order valence-electron chi connectivity index (χ2n) is 5.02. The first-order valence-electron chi connectivity index (χ1n) is 6.73. The molecule has 0 fully saturated rings. The molecule has 0 saturated carbocycles. The lowest BCUT2D eigenvalue weighted by Gasteiger charge is -2.16. The molecule has 0 saturated heterocycles. The molecule has 2 rings (SSSR count). The summed E-state index contributed by atoms with van der Waals surface area (Å²) in [6.45, 7) is 5.13. The summed E-state index contributed by atoms with van der Waals surface area (Å²) >= 11 is 5.78. The minimum Gasteiger partial charge on any atom is -0.383 e. The molecule has 0 aliphatic rings. The topological polar surface area (TPSA) is 39.1 Å². The van der Waals surface area contributed by atoms with E-state index in [-0.39, 0.29) is 11.1 Å². The quantitative estimate of drug-likeness (QED) is 0.882. The van der Waals surface area contributed by atoms with Gasteiger partial charge >= 0.3 is 0 Å². The SMILES string of the molecule is COCC(C)n1cc(C)nc1NCc1ccc(F)c(Cl)c1. The summed E-state index contributed by atoms with van der Waals surface area (Å²) in [5.41, 5.74) is 1.82. The number of aromatic nitrogens is 2. The van der Waals surface area contributed by atoms with E-state index in [9.17, 15) is 4.39 Å². The van der Waals surface area contributed by atoms with Crippen molar-refractivity contribution in [2.75, 3.05) is 19.0 Å². The molecule has 0 spiro atoms. The smallest absolute Gasteiger partial charge is 0.203 e. The number of nitrogens with one attached hydrogen (secondary N) is 1. The summed E-state index contributed by atoms with van der Waals surface area (Å²) in [6.07, 6.45) is 1.98. The van der Waals surface area contributed by atoms with Crippen LogP contribution in [0.5, 0.6) is 0 Å². The highest BCUT2D eigenvalue weighted by molar-refractivity contribution is 6.30. The van der Waals surface area contributed by atoms with Gasteiger partial charge in [-0.2, -0.15) is 0 Å². The lowest BCUT2D eigenvalue weighted by atomic mass is 10.2. The third-order valence-electron chi connectivity index (χ3n) is 3.17. The molecule has 0 aliphatic carbocycles. The maximum atomic E-state index is 13.1. The molecule has 0 amide bonds. The van der Waals surface area contributed by atoms with Crippen LogP contribution in [0, 0.1) is 12.7 Å². The van der Waals surface area contributed by atoms with Gasteiger partial charge in [-0.25, -0.2) is 9.37 Å². The van der Waals surface area contributed by atoms with E-state index >= 15 is 0 Å². The number of hydrogen-bond donors (Lipinski definition) is 1. The van der Waals surface area contributed by atoms with Crippen LogP contribution in [0.15, 0.2) is 24.4 Å². The summed E-state index contributed by atoms with van der Waals surface area (Å²) in [5, 5.41) is 3.38. The van der Waals surface area contributed by atoms with Crippen molar-refractivity contribution in [2.24, 2.45) is 0 Å². The second-order valence-corrected chi connectivity index (χ2v) is 5.43. The first kappa shape index (κ1) is 15.8. The molecule has 1 N–H and O–H groups in total. The fourth-order valence-corrected chi connectivity index (χ4v) is 2.34. The number of halogens is 2. The zero-order chi connectivity index (χ0) is 15.4. The van der Waals surface area contributed by atoms with Crippen LogP contribution in [0.4, 0.5) is 10.3 Å². The largest absolute Gasteiger partial charge is 0.383 e. The Bertz CT molecular complexity index is 615. The van der Waals surface area contributed by atoms with E-state index in [2.05, 4.69) is 17.2 Å². The Kier molecular flexibility index (Phi) is 5.20. The van der Waals surface area contributed by atoms with Crippen LogP contribution in [0.1, 0.15) is 24.2 Å². The molecule has 2 aromatic rings. The number of aryl methyl sites for hydroxylation is 1. The molecule has 0 radical (unpaired) electrons. The standard InChI is InChI=1S/C15H19ClFN3O/c1-10-8-20(11(2)9-21-3)15(19-10)18-7-12-4-5-14(17)13(16)6-12/h4-6,8,11H,7,9H2,1-3H3,(H,18,19). The number of imidazole rings is 1. The summed E-state index contributed by atoms with van der Waals surface area (Å²) < 4.78 is 20.3. The Hall–Kier alpha value is -1.59. The first-order valence-corrected chi connectivity index (χ1v) is 7.11. The average Bonchev–Trinajstić information content (AvgIpc) is 2.82. The molecule has 0 aliphatic heterocycles. The first-order chi connectivity index (χ1) is 10.0. The minimum atomic E-state index is -0.411. The van der Waals surface area contributed by atoms with Crippen molar-refractivity contribution in [3.63, 3.8) is 0 Å². The van der Waals surface area contributed by atoms with Crippen LogP contribution >= 0.6 is 11.6 Å². The Morgan fingerprint density at radius 1 is 1.48 bits per heavy atom. The van der Waals surface area contributed by atoms with Crippen molar-refractivity contribution in [3.8, 4) is 0 Å². The van der Waals surface area contributed by atoms with Crippen LogP contribution in [0.3, 0.4) is 0 Å². The molecular weight excluding hydrogens is 293 g/mol. The number of anilines is 1. The predicted molar refractivity (Wildman–Crippen MR) is 82.3 cm³/mol. The van der Waals surface area contributed by atoms with Gasteiger partial charge in [-0.05, 0) is 31.5 Å². The van der Waals surface area contributed by atoms with E-state index in [0.717, 1.165) is 17.2 Å². The second kappa shape index (κ2) is 6.91. The molecule has 1 aromatic heterocycles. The fraction of sp³-hybridized carbons (Fsp3) is 0.400. The summed E-state index contributed by atoms with van der Waals surface area (Å²) in [5.74, 6) is 0.351. The number of hydrogen-bond acceptors (Lipinski definition) is 3. The number of ether oxygens (including phenoxy) is 1. The molecule has 0 bridgehead atoms. The Morgan fingerprint density at radius 2 is 2.24 bits per heavy atom. The summed E-state index contributed by atoms with van der Waals surface area (Å²) in [7, 11) is 1.67. The molecule has 1 heterocycles. The molecular formula is C15H19ClFN3O. The molecule has 4 nitrogen and oxygen atoms in total. The van der Waals surface area contributed by atoms with Crippen molar-refractivity contribution >= 4 is 17.5 Å². The predicted octanol–water partition coefficient (Wildman–Crippen LogP) is 3.80. The number of nitrogens with zero attached hydrogens (tertiary/aromatic N) is 2. The van der Waals surface area contributed by atoms with Crippen molar-refractivity contribution < 1.29 is 9.13 Å². The van der Waals surface area contributed by atoms with E-state index < -0.39 is 5.82 Å². The van der Waals surface area contributed by atoms with E-state index in [4.69, 9.17) is 16.3 Å². The van der Waals surface area contributed by atoms with Crippen molar-refractivity contribution in [1.82, 2.24) is 9.55 Å². The Balaban J connectivity index is 2.10. The Labute approximate surface area is 128 Å². The van der Waals surface area contributed by atoms with Crippen molar-refractivity contribution in [2.45, 2.75) is 26.4 Å². The minimum absolute atomic E-state index is 0.126. The maximum Gasteiger partial charge on any atom is 0.203 e. The third-order valence-corrected chi connectivity index (χ3v) is 3.46. The normalized spacial score (nSPS) is 12.4. The van der Waals surface area contributed by atoms with E-state index in [0.29, 0.717) is 13.2 Å². The number of rotatable bonds is 6. The van der Waals surface area contributed by atoms with Gasteiger partial charge in [0.1, 0.15) is 5.82 Å². The van der Waals surface area contributed by atoms with Crippen molar-refractivity contribution in [3.05, 3.63) is 46.5 Å². The van der Waals surface area contributed by atoms with E-state index in [1.807, 2.05) is 17.7 Å². The van der Waals surface area contributed by atoms with Crippen LogP contribution in [0.25, 0.3) is 0 Å². The van der Waals surface area contributed by atoms with Gasteiger partial charge in [0.05, 0.1) is 23.4 Å². The Morgan fingerprint density at radius 3 is 2.90 bits per heavy atom. The van der Waals surface area contributed by atoms with Gasteiger partial charge in [0.15, 0.2) is 0 Å². The van der Waals surface area contributed by atoms with E-state index in [1.54, 1.807) is 19.2 Å². The van der Waals surface area contributed by atoms with Crippen LogP contribution in [-0.4, -0.2) is 23.3 Å². The monoisotopic (exact) mass is 311 g/mol. The van der Waals surface area contributed by atoms with E-state index in [1.165, 1.54) is 6.07 Å². The van der Waals surface area contributed by atoms with Gasteiger partial charge in [-0.1, -0.05) is 17.7 Å². The lowest BCUT2D eigenvalue weighted by Crippen LogP contribution is -2.14. The highest BCUT2D eigenvalue weighted by Gasteiger charge is 2.11. The summed E-state index contributed by atoms with van der Waals surface area (Å²) in [4.78, 5) is 4.46. The summed E-state index contributed by atoms with van der Waals surface area (Å²) in [6, 6.07) is 4.86. The maximum absolute atomic E-state index is 13.1. The molecule has 6 heteroatoms. The van der Waals surface area contributed by atoms with Gasteiger partial charge in [-0.15, -0.1) is 0 Å². The zero-order valence-corrected chi connectivity index (χ0v) is 13.1. The van der Waals surface area contributed by atoms with Gasteiger partial charge in [0.2, 0.25) is 5.95 Å². The fourth-order valence-electron chi connectivity index (χ4n) is 2.14. The highest BCUT2D eigenvalue weighted by atomic mass is 35.5.